The average Bonchev–Trinajstić information content (AvgIpc) is 3.01. The molecule has 1 aliphatic rings. The van der Waals surface area contributed by atoms with Gasteiger partial charge in [-0.3, -0.25) is 4.90 Å². The van der Waals surface area contributed by atoms with Crippen molar-refractivity contribution in [2.24, 2.45) is 5.41 Å². The maximum absolute atomic E-state index is 9.98. The van der Waals surface area contributed by atoms with Crippen molar-refractivity contribution in [3.63, 3.8) is 0 Å². The van der Waals surface area contributed by atoms with E-state index in [1.807, 2.05) is 0 Å². The van der Waals surface area contributed by atoms with Crippen LogP contribution in [-0.2, 0) is 6.54 Å². The Kier molecular flexibility index (Phi) is 5.09. The van der Waals surface area contributed by atoms with Crippen molar-refractivity contribution in [3.05, 3.63) is 35.4 Å². The lowest BCUT2D eigenvalue weighted by Gasteiger charge is -2.41. The lowest BCUT2D eigenvalue weighted by atomic mass is 9.77. The third-order valence-electron chi connectivity index (χ3n) is 4.74. The summed E-state index contributed by atoms with van der Waals surface area (Å²) in [7, 11) is 0. The second-order valence-corrected chi connectivity index (χ2v) is 7.57. The number of piperidine rings is 1. The predicted octanol–water partition coefficient (Wildman–Crippen LogP) is 3.62. The van der Waals surface area contributed by atoms with Gasteiger partial charge in [0.25, 0.3) is 0 Å². The van der Waals surface area contributed by atoms with Gasteiger partial charge in [-0.15, -0.1) is 0 Å². The molecular weight excluding hydrogens is 306 g/mol. The summed E-state index contributed by atoms with van der Waals surface area (Å²) in [4.78, 5) is 2.47. The molecule has 23 heavy (non-hydrogen) atoms. The van der Waals surface area contributed by atoms with Crippen LogP contribution in [0.2, 0.25) is 0 Å². The molecule has 2 heterocycles. The fraction of sp³-hybridized carbons (Fsp3) is 0.556. The number of fused-ring (bicyclic) bond motifs is 1. The molecule has 5 heteroatoms. The summed E-state index contributed by atoms with van der Waals surface area (Å²) in [6.07, 6.45) is 5.50. The topological polar surface area (TPSA) is 49.2 Å². The number of hydrogen-bond donors (Lipinski definition) is 1. The van der Waals surface area contributed by atoms with Gasteiger partial charge >= 0.3 is 0 Å². The Morgan fingerprint density at radius 3 is 2.96 bits per heavy atom. The Labute approximate surface area is 142 Å². The number of hydrogen-bond acceptors (Lipinski definition) is 5. The minimum Gasteiger partial charge on any atom is -0.396 e. The Hall–Kier alpha value is -1.30. The summed E-state index contributed by atoms with van der Waals surface area (Å²) in [6.45, 7) is 7.50. The second-order valence-electron chi connectivity index (χ2n) is 7.05. The van der Waals surface area contributed by atoms with Crippen molar-refractivity contribution >= 4 is 22.8 Å². The zero-order valence-corrected chi connectivity index (χ0v) is 14.8. The smallest absolute Gasteiger partial charge is 0.105 e. The minimum absolute atomic E-state index is 0.0157. The van der Waals surface area contributed by atoms with Crippen molar-refractivity contribution in [3.8, 4) is 0 Å². The molecule has 0 spiro atoms. The largest absolute Gasteiger partial charge is 0.396 e. The highest BCUT2D eigenvalue weighted by molar-refractivity contribution is 7.00. The fourth-order valence-corrected chi connectivity index (χ4v) is 3.93. The lowest BCUT2D eigenvalue weighted by molar-refractivity contribution is 0.0307. The first kappa shape index (κ1) is 16.6. The van der Waals surface area contributed by atoms with E-state index in [2.05, 4.69) is 51.8 Å². The molecule has 124 valence electrons. The van der Waals surface area contributed by atoms with Gasteiger partial charge in [0, 0.05) is 18.5 Å². The van der Waals surface area contributed by atoms with Crippen LogP contribution < -0.4 is 0 Å². The SMILES string of the molecule is CC(C)=CC[C@@]1(CO)CCCN(Cc2ccc3nsnc3c2)C1. The molecule has 1 aromatic heterocycles. The number of likely N-dealkylation sites (tertiary alicyclic amines) is 1. The summed E-state index contributed by atoms with van der Waals surface area (Å²) in [5.74, 6) is 0. The molecule has 1 aliphatic heterocycles. The maximum Gasteiger partial charge on any atom is 0.105 e. The first-order valence-electron chi connectivity index (χ1n) is 8.28. The van der Waals surface area contributed by atoms with Crippen LogP contribution in [0.4, 0.5) is 0 Å². The number of rotatable bonds is 5. The van der Waals surface area contributed by atoms with Crippen molar-refractivity contribution in [1.29, 1.82) is 0 Å². The number of allylic oxidation sites excluding steroid dienone is 2. The van der Waals surface area contributed by atoms with Crippen molar-refractivity contribution < 1.29 is 5.11 Å². The number of aromatic nitrogens is 2. The third-order valence-corrected chi connectivity index (χ3v) is 5.30. The van der Waals surface area contributed by atoms with Gasteiger partial charge in [-0.25, -0.2) is 0 Å². The van der Waals surface area contributed by atoms with Crippen LogP contribution >= 0.6 is 11.7 Å². The van der Waals surface area contributed by atoms with Crippen LogP contribution in [0, 0.1) is 5.41 Å². The molecule has 1 fully saturated rings. The predicted molar refractivity (Wildman–Crippen MR) is 95.5 cm³/mol. The fourth-order valence-electron chi connectivity index (χ4n) is 3.41. The van der Waals surface area contributed by atoms with Crippen molar-refractivity contribution in [1.82, 2.24) is 13.6 Å². The highest BCUT2D eigenvalue weighted by Gasteiger charge is 2.34. The maximum atomic E-state index is 9.98. The standard InChI is InChI=1S/C18H25N3OS/c1-14(2)6-8-18(13-22)7-3-9-21(12-18)11-15-4-5-16-17(10-15)20-23-19-16/h4-6,10,22H,3,7-9,11-13H2,1-2H3/t18-/m0/s1. The molecule has 3 rings (SSSR count). The molecule has 0 unspecified atom stereocenters. The highest BCUT2D eigenvalue weighted by atomic mass is 32.1. The van der Waals surface area contributed by atoms with E-state index in [1.54, 1.807) is 0 Å². The molecule has 0 aliphatic carbocycles. The van der Waals surface area contributed by atoms with Gasteiger partial charge in [0.15, 0.2) is 0 Å². The molecular formula is C18H25N3OS. The first-order chi connectivity index (χ1) is 11.1. The quantitative estimate of drug-likeness (QED) is 0.850. The average molecular weight is 331 g/mol. The van der Waals surface area contributed by atoms with Gasteiger partial charge in [0.1, 0.15) is 11.0 Å². The third kappa shape index (κ3) is 3.97. The summed E-state index contributed by atoms with van der Waals surface area (Å²) in [5.41, 5.74) is 4.59. The molecule has 0 radical (unpaired) electrons. The van der Waals surface area contributed by atoms with Crippen LogP contribution in [-0.4, -0.2) is 38.4 Å². The van der Waals surface area contributed by atoms with Crippen LogP contribution in [0.5, 0.6) is 0 Å². The van der Waals surface area contributed by atoms with Crippen LogP contribution in [0.3, 0.4) is 0 Å². The molecule has 4 nitrogen and oxygen atoms in total. The number of aliphatic hydroxyl groups excluding tert-OH is 1. The van der Waals surface area contributed by atoms with E-state index in [0.29, 0.717) is 0 Å². The van der Waals surface area contributed by atoms with E-state index in [0.717, 1.165) is 49.9 Å². The second kappa shape index (κ2) is 7.07. The summed E-state index contributed by atoms with van der Waals surface area (Å²) in [6, 6.07) is 6.35. The van der Waals surface area contributed by atoms with E-state index < -0.39 is 0 Å². The van der Waals surface area contributed by atoms with E-state index in [-0.39, 0.29) is 12.0 Å². The van der Waals surface area contributed by atoms with Crippen LogP contribution in [0.15, 0.2) is 29.8 Å². The zero-order valence-electron chi connectivity index (χ0n) is 14.0. The lowest BCUT2D eigenvalue weighted by Crippen LogP contribution is -2.44. The Morgan fingerprint density at radius 1 is 1.35 bits per heavy atom. The van der Waals surface area contributed by atoms with Crippen molar-refractivity contribution in [2.45, 2.75) is 39.7 Å². The van der Waals surface area contributed by atoms with Crippen LogP contribution in [0.1, 0.15) is 38.7 Å². The summed E-state index contributed by atoms with van der Waals surface area (Å²) < 4.78 is 8.59. The first-order valence-corrected chi connectivity index (χ1v) is 9.01. The van der Waals surface area contributed by atoms with Gasteiger partial charge in [-0.1, -0.05) is 17.7 Å². The highest BCUT2D eigenvalue weighted by Crippen LogP contribution is 2.34. The molecule has 1 saturated heterocycles. The molecule has 2 aromatic rings. The summed E-state index contributed by atoms with van der Waals surface area (Å²) >= 11 is 1.27. The van der Waals surface area contributed by atoms with E-state index >= 15 is 0 Å². The minimum atomic E-state index is 0.0157. The Bertz CT molecular complexity index is 692. The molecule has 0 saturated carbocycles. The summed E-state index contributed by atoms with van der Waals surface area (Å²) in [5, 5.41) is 9.98. The van der Waals surface area contributed by atoms with Gasteiger partial charge in [-0.2, -0.15) is 8.75 Å². The molecule has 0 amide bonds. The van der Waals surface area contributed by atoms with Gasteiger partial charge < -0.3 is 5.11 Å². The molecule has 1 aromatic carbocycles. The number of benzene rings is 1. The van der Waals surface area contributed by atoms with E-state index in [4.69, 9.17) is 0 Å². The monoisotopic (exact) mass is 331 g/mol. The number of nitrogens with zero attached hydrogens (tertiary/aromatic N) is 3. The molecule has 1 N–H and O–H groups in total. The Morgan fingerprint density at radius 2 is 2.17 bits per heavy atom. The van der Waals surface area contributed by atoms with Crippen molar-refractivity contribution in [2.75, 3.05) is 19.7 Å². The van der Waals surface area contributed by atoms with E-state index in [1.165, 1.54) is 22.9 Å². The molecule has 0 bridgehead atoms. The van der Waals surface area contributed by atoms with Gasteiger partial charge in [0.05, 0.1) is 18.3 Å². The van der Waals surface area contributed by atoms with Crippen LogP contribution in [0.25, 0.3) is 11.0 Å². The molecule has 1 atom stereocenters. The van der Waals surface area contributed by atoms with Gasteiger partial charge in [-0.05, 0) is 57.4 Å². The number of aliphatic hydroxyl groups is 1. The van der Waals surface area contributed by atoms with Gasteiger partial charge in [0.2, 0.25) is 0 Å². The Balaban J connectivity index is 1.70. The van der Waals surface area contributed by atoms with E-state index in [9.17, 15) is 5.11 Å². The normalized spacial score (nSPS) is 22.4. The zero-order chi connectivity index (χ0) is 16.3.